The van der Waals surface area contributed by atoms with E-state index in [0.717, 1.165) is 35.0 Å². The van der Waals surface area contributed by atoms with Gasteiger partial charge in [0.25, 0.3) is 0 Å². The van der Waals surface area contributed by atoms with E-state index in [0.29, 0.717) is 18.1 Å². The molecule has 3 heterocycles. The molecule has 1 N–H and O–H groups in total. The Morgan fingerprint density at radius 1 is 1.30 bits per heavy atom. The maximum Gasteiger partial charge on any atom is 0.365 e. The lowest BCUT2D eigenvalue weighted by atomic mass is 9.89. The number of amides is 1. The minimum absolute atomic E-state index is 0.0948. The van der Waals surface area contributed by atoms with Gasteiger partial charge in [0.1, 0.15) is 17.7 Å². The highest BCUT2D eigenvalue weighted by Crippen LogP contribution is 2.38. The fraction of sp³-hybridized carbons (Fsp3) is 0.364. The Morgan fingerprint density at radius 2 is 2.10 bits per heavy atom. The van der Waals surface area contributed by atoms with Gasteiger partial charge in [-0.15, -0.1) is 11.3 Å². The van der Waals surface area contributed by atoms with Crippen LogP contribution in [0.2, 0.25) is 0 Å². The number of nitrogens with zero attached hydrogens (tertiary/aromatic N) is 4. The molecule has 30 heavy (non-hydrogen) atoms. The zero-order valence-electron chi connectivity index (χ0n) is 17.0. The molecule has 0 fully saturated rings. The number of carbonyl (C=O) groups is 1. The number of thiophene rings is 1. The summed E-state index contributed by atoms with van der Waals surface area (Å²) in [7, 11) is 0. The van der Waals surface area contributed by atoms with Crippen LogP contribution in [-0.2, 0) is 30.7 Å². The first-order valence-electron chi connectivity index (χ1n) is 10.2. The van der Waals surface area contributed by atoms with Gasteiger partial charge in [-0.2, -0.15) is 4.98 Å². The van der Waals surface area contributed by atoms with Crippen LogP contribution in [0.1, 0.15) is 34.9 Å². The van der Waals surface area contributed by atoms with Crippen LogP contribution in [0.15, 0.2) is 35.4 Å². The van der Waals surface area contributed by atoms with Crippen LogP contribution in [0.25, 0.3) is 15.9 Å². The van der Waals surface area contributed by atoms with Crippen molar-refractivity contribution in [1.82, 2.24) is 24.5 Å². The first-order chi connectivity index (χ1) is 14.5. The van der Waals surface area contributed by atoms with E-state index in [4.69, 9.17) is 0 Å². The Kier molecular flexibility index (Phi) is 4.66. The van der Waals surface area contributed by atoms with Crippen molar-refractivity contribution < 1.29 is 4.79 Å². The molecule has 7 nitrogen and oxygen atoms in total. The average Bonchev–Trinajstić information content (AvgIpc) is 3.24. The summed E-state index contributed by atoms with van der Waals surface area (Å²) in [6, 6.07) is 7.99. The van der Waals surface area contributed by atoms with Gasteiger partial charge in [0, 0.05) is 11.4 Å². The predicted molar refractivity (Wildman–Crippen MR) is 117 cm³/mol. The number of hydrogen-bond acceptors (Lipinski definition) is 5. The van der Waals surface area contributed by atoms with E-state index in [-0.39, 0.29) is 12.5 Å². The molecule has 0 bridgehead atoms. The number of nitrogens with one attached hydrogen (secondary N) is 1. The van der Waals surface area contributed by atoms with Crippen LogP contribution in [0.3, 0.4) is 0 Å². The Bertz CT molecular complexity index is 1320. The SMILES string of the molecule is Cc1ccc(CNC(=O)Cn2c(=O)nc3c4c5c(sc4ncn32)CC(C)CC5)cc1. The quantitative estimate of drug-likeness (QED) is 0.549. The molecule has 1 atom stereocenters. The number of aromatic nitrogens is 4. The second-order valence-electron chi connectivity index (χ2n) is 8.16. The van der Waals surface area contributed by atoms with Gasteiger partial charge < -0.3 is 5.32 Å². The van der Waals surface area contributed by atoms with Crippen LogP contribution < -0.4 is 11.0 Å². The van der Waals surface area contributed by atoms with E-state index in [2.05, 4.69) is 22.2 Å². The van der Waals surface area contributed by atoms with Gasteiger partial charge in [0.15, 0.2) is 5.65 Å². The molecule has 1 aliphatic rings. The fourth-order valence-electron chi connectivity index (χ4n) is 4.10. The molecule has 3 aromatic heterocycles. The molecule has 1 unspecified atom stereocenters. The molecular weight excluding hydrogens is 398 g/mol. The van der Waals surface area contributed by atoms with E-state index in [9.17, 15) is 9.59 Å². The molecule has 154 valence electrons. The molecule has 0 spiro atoms. The second kappa shape index (κ2) is 7.36. The highest BCUT2D eigenvalue weighted by atomic mass is 32.1. The minimum Gasteiger partial charge on any atom is -0.350 e. The minimum atomic E-state index is -0.432. The van der Waals surface area contributed by atoms with E-state index in [1.54, 1.807) is 22.2 Å². The summed E-state index contributed by atoms with van der Waals surface area (Å²) in [4.78, 5) is 36.2. The highest BCUT2D eigenvalue weighted by molar-refractivity contribution is 7.19. The molecule has 1 aromatic carbocycles. The summed E-state index contributed by atoms with van der Waals surface area (Å²) in [6.07, 6.45) is 4.77. The zero-order chi connectivity index (χ0) is 20.8. The van der Waals surface area contributed by atoms with Gasteiger partial charge in [-0.3, -0.25) is 4.79 Å². The standard InChI is InChI=1S/C22H23N5O2S/c1-13-3-6-15(7-4-13)10-23-18(28)11-26-22(29)25-20-19-16-8-5-14(2)9-17(16)30-21(19)24-12-27(20)26/h3-4,6-7,12,14H,5,8-11H2,1-2H3,(H,23,28). The number of benzene rings is 1. The van der Waals surface area contributed by atoms with Gasteiger partial charge in [0.05, 0.1) is 5.39 Å². The molecule has 1 amide bonds. The number of fused-ring (bicyclic) bond motifs is 5. The van der Waals surface area contributed by atoms with Crippen LogP contribution in [0.4, 0.5) is 0 Å². The predicted octanol–water partition coefficient (Wildman–Crippen LogP) is 2.86. The van der Waals surface area contributed by atoms with E-state index < -0.39 is 5.69 Å². The van der Waals surface area contributed by atoms with Crippen molar-refractivity contribution in [2.75, 3.05) is 0 Å². The van der Waals surface area contributed by atoms with E-state index in [1.165, 1.54) is 20.7 Å². The maximum absolute atomic E-state index is 12.6. The van der Waals surface area contributed by atoms with Gasteiger partial charge in [-0.05, 0) is 43.2 Å². The normalized spacial score (nSPS) is 16.1. The average molecular weight is 422 g/mol. The maximum atomic E-state index is 12.6. The summed E-state index contributed by atoms with van der Waals surface area (Å²) in [5.74, 6) is 0.430. The molecule has 8 heteroatoms. The second-order valence-corrected chi connectivity index (χ2v) is 9.24. The zero-order valence-corrected chi connectivity index (χ0v) is 17.8. The number of carbonyl (C=O) groups excluding carboxylic acids is 1. The number of hydrogen-bond donors (Lipinski definition) is 1. The molecule has 0 saturated heterocycles. The van der Waals surface area contributed by atoms with Crippen molar-refractivity contribution in [3.8, 4) is 0 Å². The molecule has 0 aliphatic heterocycles. The molecule has 0 saturated carbocycles. The summed E-state index contributed by atoms with van der Waals surface area (Å²) in [5, 5.41) is 3.85. The van der Waals surface area contributed by atoms with E-state index >= 15 is 0 Å². The first-order valence-corrected chi connectivity index (χ1v) is 11.0. The summed E-state index contributed by atoms with van der Waals surface area (Å²) < 4.78 is 2.98. The van der Waals surface area contributed by atoms with Gasteiger partial charge in [-0.25, -0.2) is 19.0 Å². The van der Waals surface area contributed by atoms with Crippen molar-refractivity contribution in [1.29, 1.82) is 0 Å². The number of aryl methyl sites for hydroxylation is 2. The monoisotopic (exact) mass is 421 g/mol. The smallest absolute Gasteiger partial charge is 0.350 e. The molecule has 5 rings (SSSR count). The third kappa shape index (κ3) is 3.31. The van der Waals surface area contributed by atoms with Gasteiger partial charge in [0.2, 0.25) is 5.91 Å². The highest BCUT2D eigenvalue weighted by Gasteiger charge is 2.24. The molecule has 4 aromatic rings. The van der Waals surface area contributed by atoms with Crippen LogP contribution in [0.5, 0.6) is 0 Å². The summed E-state index contributed by atoms with van der Waals surface area (Å²) in [5.41, 5.74) is 3.63. The third-order valence-corrected chi connectivity index (χ3v) is 6.97. The van der Waals surface area contributed by atoms with Crippen LogP contribution in [-0.4, -0.2) is 25.1 Å². The molecule has 1 aliphatic carbocycles. The Hall–Kier alpha value is -3.00. The van der Waals surface area contributed by atoms with E-state index in [1.807, 2.05) is 31.2 Å². The topological polar surface area (TPSA) is 81.3 Å². The van der Waals surface area contributed by atoms with Crippen molar-refractivity contribution in [2.45, 2.75) is 46.2 Å². The lowest BCUT2D eigenvalue weighted by molar-refractivity contribution is -0.122. The van der Waals surface area contributed by atoms with Crippen molar-refractivity contribution in [3.63, 3.8) is 0 Å². The third-order valence-electron chi connectivity index (χ3n) is 5.80. The summed E-state index contributed by atoms with van der Waals surface area (Å²) >= 11 is 1.70. The lowest BCUT2D eigenvalue weighted by Crippen LogP contribution is -2.32. The number of rotatable bonds is 4. The Balaban J connectivity index is 1.44. The Morgan fingerprint density at radius 3 is 2.90 bits per heavy atom. The van der Waals surface area contributed by atoms with Crippen molar-refractivity contribution >= 4 is 33.1 Å². The van der Waals surface area contributed by atoms with Crippen LogP contribution in [0, 0.1) is 12.8 Å². The molecular formula is C22H23N5O2S. The lowest BCUT2D eigenvalue weighted by Gasteiger charge is -2.17. The van der Waals surface area contributed by atoms with Crippen LogP contribution >= 0.6 is 11.3 Å². The Labute approximate surface area is 177 Å². The van der Waals surface area contributed by atoms with Gasteiger partial charge in [-0.1, -0.05) is 36.8 Å². The fourth-order valence-corrected chi connectivity index (χ4v) is 5.45. The largest absolute Gasteiger partial charge is 0.365 e. The first kappa shape index (κ1) is 19.0. The van der Waals surface area contributed by atoms with Gasteiger partial charge >= 0.3 is 5.69 Å². The summed E-state index contributed by atoms with van der Waals surface area (Å²) in [6.45, 7) is 4.62. The van der Waals surface area contributed by atoms with Crippen molar-refractivity contribution in [3.05, 3.63) is 62.6 Å². The molecule has 0 radical (unpaired) electrons. The van der Waals surface area contributed by atoms with Crippen molar-refractivity contribution in [2.24, 2.45) is 5.92 Å².